The van der Waals surface area contributed by atoms with Crippen molar-refractivity contribution in [1.29, 1.82) is 0 Å². The lowest BCUT2D eigenvalue weighted by atomic mass is 9.92. The number of likely N-dealkylation sites (tertiary alicyclic amines) is 1. The van der Waals surface area contributed by atoms with Gasteiger partial charge in [0.05, 0.1) is 5.60 Å². The number of hydrogen-bond acceptors (Lipinski definition) is 4. The van der Waals surface area contributed by atoms with Crippen molar-refractivity contribution in [2.75, 3.05) is 26.2 Å². The van der Waals surface area contributed by atoms with Gasteiger partial charge >= 0.3 is 6.09 Å². The van der Waals surface area contributed by atoms with E-state index in [9.17, 15) is 9.90 Å². The molecule has 1 rings (SSSR count). The summed E-state index contributed by atoms with van der Waals surface area (Å²) < 4.78 is 5.25. The van der Waals surface area contributed by atoms with Gasteiger partial charge in [0.15, 0.2) is 0 Å². The van der Waals surface area contributed by atoms with E-state index in [0.717, 1.165) is 45.3 Å². The first kappa shape index (κ1) is 19.2. The number of aliphatic hydroxyl groups is 1. The van der Waals surface area contributed by atoms with Gasteiger partial charge in [-0.2, -0.15) is 0 Å². The van der Waals surface area contributed by atoms with E-state index in [1.807, 2.05) is 34.6 Å². The zero-order valence-electron chi connectivity index (χ0n) is 14.9. The maximum absolute atomic E-state index is 11.7. The maximum atomic E-state index is 11.7. The first-order valence-corrected chi connectivity index (χ1v) is 8.59. The third-order valence-electron chi connectivity index (χ3n) is 4.48. The number of rotatable bonds is 6. The van der Waals surface area contributed by atoms with Crippen LogP contribution in [0.2, 0.25) is 0 Å². The number of β-amino-alcohol motifs (C(OH)–C–C–N with tert-alkyl or cyclic N) is 1. The maximum Gasteiger partial charge on any atom is 0.407 e. The van der Waals surface area contributed by atoms with Gasteiger partial charge in [-0.15, -0.1) is 0 Å². The first-order valence-electron chi connectivity index (χ1n) is 8.59. The van der Waals surface area contributed by atoms with E-state index in [2.05, 4.69) is 10.2 Å². The van der Waals surface area contributed by atoms with Crippen molar-refractivity contribution in [2.45, 2.75) is 71.5 Å². The fourth-order valence-corrected chi connectivity index (χ4v) is 2.78. The zero-order chi connectivity index (χ0) is 16.8. The van der Waals surface area contributed by atoms with Crippen LogP contribution in [0.4, 0.5) is 4.79 Å². The molecule has 0 atom stereocenters. The highest BCUT2D eigenvalue weighted by atomic mass is 16.6. The number of piperidine rings is 1. The molecular weight excluding hydrogens is 280 g/mol. The van der Waals surface area contributed by atoms with Crippen molar-refractivity contribution in [3.63, 3.8) is 0 Å². The molecule has 0 radical (unpaired) electrons. The average Bonchev–Trinajstić information content (AvgIpc) is 2.44. The number of carbonyl (C=O) groups excluding carboxylic acids is 1. The van der Waals surface area contributed by atoms with E-state index in [1.165, 1.54) is 0 Å². The highest BCUT2D eigenvalue weighted by molar-refractivity contribution is 5.67. The lowest BCUT2D eigenvalue weighted by Crippen LogP contribution is -2.46. The summed E-state index contributed by atoms with van der Waals surface area (Å²) in [4.78, 5) is 14.0. The van der Waals surface area contributed by atoms with E-state index >= 15 is 0 Å². The standard InChI is InChI=1S/C17H34N2O3/c1-6-17(21,7-2)13-19-10-8-14(9-11-19)12-18-15(20)22-16(3,4)5/h14,21H,6-13H2,1-5H3,(H,18,20). The van der Waals surface area contributed by atoms with Crippen LogP contribution in [-0.2, 0) is 4.74 Å². The van der Waals surface area contributed by atoms with Crippen molar-refractivity contribution < 1.29 is 14.6 Å². The summed E-state index contributed by atoms with van der Waals surface area (Å²) in [6, 6.07) is 0. The molecule has 0 spiro atoms. The van der Waals surface area contributed by atoms with Crippen LogP contribution < -0.4 is 5.32 Å². The van der Waals surface area contributed by atoms with Crippen molar-refractivity contribution in [1.82, 2.24) is 10.2 Å². The van der Waals surface area contributed by atoms with Crippen LogP contribution in [0.15, 0.2) is 0 Å². The summed E-state index contributed by atoms with van der Waals surface area (Å²) in [6.45, 7) is 13.1. The Bertz CT molecular complexity index is 340. The molecule has 2 N–H and O–H groups in total. The summed E-state index contributed by atoms with van der Waals surface area (Å²) >= 11 is 0. The largest absolute Gasteiger partial charge is 0.444 e. The van der Waals surface area contributed by atoms with Crippen molar-refractivity contribution in [3.8, 4) is 0 Å². The molecule has 130 valence electrons. The summed E-state index contributed by atoms with van der Waals surface area (Å²) in [5.41, 5.74) is -1.00. The first-order chi connectivity index (χ1) is 10.2. The summed E-state index contributed by atoms with van der Waals surface area (Å²) in [6.07, 6.45) is 3.37. The number of ether oxygens (including phenoxy) is 1. The second-order valence-electron chi connectivity index (χ2n) is 7.53. The molecule has 1 saturated heterocycles. The van der Waals surface area contributed by atoms with Crippen LogP contribution in [-0.4, -0.2) is 53.5 Å². The van der Waals surface area contributed by atoms with E-state index in [1.54, 1.807) is 0 Å². The Morgan fingerprint density at radius 1 is 1.23 bits per heavy atom. The molecule has 1 fully saturated rings. The molecule has 0 saturated carbocycles. The molecule has 0 aromatic heterocycles. The lowest BCUT2D eigenvalue weighted by molar-refractivity contribution is -0.0115. The monoisotopic (exact) mass is 314 g/mol. The third-order valence-corrected chi connectivity index (χ3v) is 4.48. The Labute approximate surface area is 135 Å². The molecular formula is C17H34N2O3. The van der Waals surface area contributed by atoms with E-state index in [4.69, 9.17) is 4.74 Å². The van der Waals surface area contributed by atoms with Gasteiger partial charge in [-0.3, -0.25) is 0 Å². The van der Waals surface area contributed by atoms with Gasteiger partial charge in [-0.1, -0.05) is 13.8 Å². The van der Waals surface area contributed by atoms with Crippen LogP contribution in [0.3, 0.4) is 0 Å². The van der Waals surface area contributed by atoms with Crippen molar-refractivity contribution in [2.24, 2.45) is 5.92 Å². The molecule has 5 heteroatoms. The average molecular weight is 314 g/mol. The number of nitrogens with one attached hydrogen (secondary N) is 1. The summed E-state index contributed by atoms with van der Waals surface area (Å²) in [5.74, 6) is 0.500. The number of alkyl carbamates (subject to hydrolysis) is 1. The van der Waals surface area contributed by atoms with Crippen molar-refractivity contribution >= 4 is 6.09 Å². The van der Waals surface area contributed by atoms with Gasteiger partial charge in [0.2, 0.25) is 0 Å². The molecule has 0 aliphatic carbocycles. The van der Waals surface area contributed by atoms with Gasteiger partial charge in [0.1, 0.15) is 5.60 Å². The van der Waals surface area contributed by atoms with E-state index in [-0.39, 0.29) is 6.09 Å². The van der Waals surface area contributed by atoms with E-state index < -0.39 is 11.2 Å². The predicted molar refractivity (Wildman–Crippen MR) is 88.9 cm³/mol. The van der Waals surface area contributed by atoms with Crippen LogP contribution in [0, 0.1) is 5.92 Å². The molecule has 5 nitrogen and oxygen atoms in total. The fourth-order valence-electron chi connectivity index (χ4n) is 2.78. The fraction of sp³-hybridized carbons (Fsp3) is 0.941. The Balaban J connectivity index is 2.27. The topological polar surface area (TPSA) is 61.8 Å². The Morgan fingerprint density at radius 3 is 2.23 bits per heavy atom. The van der Waals surface area contributed by atoms with E-state index in [0.29, 0.717) is 12.5 Å². The predicted octanol–water partition coefficient (Wildman–Crippen LogP) is 2.77. The number of nitrogens with zero attached hydrogens (tertiary/aromatic N) is 1. The summed E-state index contributed by atoms with van der Waals surface area (Å²) in [5, 5.41) is 13.3. The Kier molecular flexibility index (Phi) is 7.13. The van der Waals surface area contributed by atoms with Crippen LogP contribution >= 0.6 is 0 Å². The molecule has 0 aromatic rings. The molecule has 0 unspecified atom stereocenters. The molecule has 0 aromatic carbocycles. The molecule has 1 aliphatic heterocycles. The second kappa shape index (κ2) is 8.16. The lowest BCUT2D eigenvalue weighted by Gasteiger charge is -2.37. The molecule has 1 amide bonds. The van der Waals surface area contributed by atoms with Crippen molar-refractivity contribution in [3.05, 3.63) is 0 Å². The second-order valence-corrected chi connectivity index (χ2v) is 7.53. The number of carbonyl (C=O) groups is 1. The Hall–Kier alpha value is -0.810. The Morgan fingerprint density at radius 2 is 1.77 bits per heavy atom. The zero-order valence-corrected chi connectivity index (χ0v) is 14.9. The minimum Gasteiger partial charge on any atom is -0.444 e. The minimum absolute atomic E-state index is 0.332. The highest BCUT2D eigenvalue weighted by Gasteiger charge is 2.28. The molecule has 22 heavy (non-hydrogen) atoms. The van der Waals surface area contributed by atoms with Crippen LogP contribution in [0.1, 0.15) is 60.3 Å². The van der Waals surface area contributed by atoms with Crippen LogP contribution in [0.25, 0.3) is 0 Å². The highest BCUT2D eigenvalue weighted by Crippen LogP contribution is 2.22. The summed E-state index contributed by atoms with van der Waals surface area (Å²) in [7, 11) is 0. The molecule has 0 bridgehead atoms. The molecule has 1 aliphatic rings. The number of hydrogen-bond donors (Lipinski definition) is 2. The third kappa shape index (κ3) is 6.97. The number of amides is 1. The van der Waals surface area contributed by atoms with Gasteiger partial charge in [-0.05, 0) is 65.5 Å². The normalized spacial score (nSPS) is 18.3. The SMILES string of the molecule is CCC(O)(CC)CN1CCC(CNC(=O)OC(C)(C)C)CC1. The van der Waals surface area contributed by atoms with Gasteiger partial charge in [0.25, 0.3) is 0 Å². The quantitative estimate of drug-likeness (QED) is 0.791. The molecule has 1 heterocycles. The van der Waals surface area contributed by atoms with Gasteiger partial charge in [-0.25, -0.2) is 4.79 Å². The van der Waals surface area contributed by atoms with Crippen LogP contribution in [0.5, 0.6) is 0 Å². The van der Waals surface area contributed by atoms with Gasteiger partial charge in [0, 0.05) is 13.1 Å². The minimum atomic E-state index is -0.554. The smallest absolute Gasteiger partial charge is 0.407 e. The van der Waals surface area contributed by atoms with Gasteiger partial charge < -0.3 is 20.1 Å².